The molecule has 0 unspecified atom stereocenters. The van der Waals surface area contributed by atoms with Crippen molar-refractivity contribution >= 4 is 48.3 Å². The predicted octanol–water partition coefficient (Wildman–Crippen LogP) is 2.74. The molecule has 2 aromatic carbocycles. The van der Waals surface area contributed by atoms with E-state index in [4.69, 9.17) is 9.47 Å². The molecule has 2 atom stereocenters. The van der Waals surface area contributed by atoms with Gasteiger partial charge in [-0.25, -0.2) is 9.59 Å². The number of hydrogen-bond acceptors (Lipinski definition) is 8. The molecule has 0 aromatic heterocycles. The van der Waals surface area contributed by atoms with Gasteiger partial charge in [-0.3, -0.25) is 9.59 Å². The molecule has 0 saturated carbocycles. The third-order valence-corrected chi connectivity index (χ3v) is 7.44. The monoisotopic (exact) mass is 559 g/mol. The third kappa shape index (κ3) is 7.67. The Labute approximate surface area is 232 Å². The van der Waals surface area contributed by atoms with Gasteiger partial charge in [-0.2, -0.15) is 24.4 Å². The highest BCUT2D eigenvalue weighted by Crippen LogP contribution is 2.44. The molecule has 11 heteroatoms. The van der Waals surface area contributed by atoms with E-state index in [-0.39, 0.29) is 31.2 Å². The number of thioether (sulfide) groups is 1. The molecule has 2 aromatic rings. The second kappa shape index (κ2) is 14.7. The van der Waals surface area contributed by atoms with Crippen LogP contribution in [0, 0.1) is 0 Å². The van der Waals surface area contributed by atoms with Crippen molar-refractivity contribution in [3.8, 4) is 11.1 Å². The van der Waals surface area contributed by atoms with Crippen molar-refractivity contribution in [1.82, 2.24) is 16.0 Å². The first-order valence-electron chi connectivity index (χ1n) is 12.3. The lowest BCUT2D eigenvalue weighted by Crippen LogP contribution is -2.49. The number of alkyl carbamates (subject to hydrolysis) is 1. The van der Waals surface area contributed by atoms with Crippen molar-refractivity contribution in [3.05, 3.63) is 59.7 Å². The maximum atomic E-state index is 12.6. The van der Waals surface area contributed by atoms with E-state index in [1.807, 2.05) is 43.3 Å². The second-order valence-electron chi connectivity index (χ2n) is 8.55. The first kappa shape index (κ1) is 29.4. The van der Waals surface area contributed by atoms with Gasteiger partial charge in [-0.1, -0.05) is 55.5 Å². The summed E-state index contributed by atoms with van der Waals surface area (Å²) in [6.45, 7) is 2.10. The van der Waals surface area contributed by atoms with Gasteiger partial charge in [0, 0.05) is 30.4 Å². The molecule has 1 aliphatic carbocycles. The molecular weight excluding hydrogens is 526 g/mol. The molecule has 204 valence electrons. The topological polar surface area (TPSA) is 123 Å². The SMILES string of the molecule is CCSC[C@H](NC(=O)CCNC(=O)[C@H](CS)NC(=O)OCC1c2ccccc2-c2ccccc21)C(=O)OC. The lowest BCUT2D eigenvalue weighted by molar-refractivity contribution is -0.144. The average molecular weight is 560 g/mol. The van der Waals surface area contributed by atoms with Gasteiger partial charge in [-0.15, -0.1) is 0 Å². The lowest BCUT2D eigenvalue weighted by atomic mass is 9.98. The fraction of sp³-hybridized carbons (Fsp3) is 0.407. The summed E-state index contributed by atoms with van der Waals surface area (Å²) < 4.78 is 10.2. The molecular formula is C27H33N3O6S2. The number of hydrogen-bond donors (Lipinski definition) is 4. The number of methoxy groups -OCH3 is 1. The van der Waals surface area contributed by atoms with Gasteiger partial charge < -0.3 is 25.4 Å². The Morgan fingerprint density at radius 2 is 1.61 bits per heavy atom. The van der Waals surface area contributed by atoms with Crippen LogP contribution in [0.15, 0.2) is 48.5 Å². The fourth-order valence-electron chi connectivity index (χ4n) is 4.21. The molecule has 0 heterocycles. The number of rotatable bonds is 13. The zero-order chi connectivity index (χ0) is 27.5. The minimum atomic E-state index is -0.944. The Morgan fingerprint density at radius 3 is 2.18 bits per heavy atom. The molecule has 0 spiro atoms. The molecule has 0 fully saturated rings. The van der Waals surface area contributed by atoms with E-state index in [1.54, 1.807) is 0 Å². The normalized spacial score (nSPS) is 13.4. The molecule has 9 nitrogen and oxygen atoms in total. The number of carbonyl (C=O) groups excluding carboxylic acids is 4. The first-order valence-corrected chi connectivity index (χ1v) is 14.1. The standard InChI is InChI=1S/C27H33N3O6S2/c1-3-38-16-23(26(33)35-2)29-24(31)12-13-28-25(32)22(15-37)30-27(34)36-14-21-19-10-6-4-8-17(19)18-9-5-7-11-20(18)21/h4-11,21-23,37H,3,12-16H2,1-2H3,(H,28,32)(H,29,31)(H,30,34)/t22-,23-/m0/s1. The highest BCUT2D eigenvalue weighted by molar-refractivity contribution is 7.99. The fourth-order valence-corrected chi connectivity index (χ4v) is 5.16. The van der Waals surface area contributed by atoms with Crippen molar-refractivity contribution in [2.45, 2.75) is 31.3 Å². The van der Waals surface area contributed by atoms with Crippen molar-refractivity contribution in [3.63, 3.8) is 0 Å². The highest BCUT2D eigenvalue weighted by atomic mass is 32.2. The van der Waals surface area contributed by atoms with Gasteiger partial charge in [0.2, 0.25) is 11.8 Å². The molecule has 38 heavy (non-hydrogen) atoms. The van der Waals surface area contributed by atoms with Crippen LogP contribution in [0.25, 0.3) is 11.1 Å². The number of thiol groups is 1. The molecule has 0 radical (unpaired) electrons. The molecule has 3 rings (SSSR count). The molecule has 1 aliphatic rings. The Hall–Kier alpha value is -3.18. The van der Waals surface area contributed by atoms with E-state index in [2.05, 4.69) is 40.7 Å². The number of benzene rings is 2. The zero-order valence-electron chi connectivity index (χ0n) is 21.4. The van der Waals surface area contributed by atoms with Crippen LogP contribution in [0.5, 0.6) is 0 Å². The van der Waals surface area contributed by atoms with E-state index >= 15 is 0 Å². The van der Waals surface area contributed by atoms with Gasteiger partial charge in [0.25, 0.3) is 0 Å². The van der Waals surface area contributed by atoms with Crippen molar-refractivity contribution in [1.29, 1.82) is 0 Å². The maximum Gasteiger partial charge on any atom is 0.407 e. The molecule has 3 amide bonds. The Balaban J connectivity index is 1.46. The van der Waals surface area contributed by atoms with Gasteiger partial charge >= 0.3 is 12.1 Å². The number of esters is 1. The van der Waals surface area contributed by atoms with Crippen LogP contribution >= 0.6 is 24.4 Å². The van der Waals surface area contributed by atoms with Crippen LogP contribution in [-0.2, 0) is 23.9 Å². The first-order chi connectivity index (χ1) is 18.4. The molecule has 0 aliphatic heterocycles. The molecule has 0 bridgehead atoms. The number of nitrogens with one attached hydrogen (secondary N) is 3. The second-order valence-corrected chi connectivity index (χ2v) is 10.2. The number of carbonyl (C=O) groups is 4. The Kier molecular flexibility index (Phi) is 11.3. The van der Waals surface area contributed by atoms with Gasteiger partial charge in [0.15, 0.2) is 0 Å². The van der Waals surface area contributed by atoms with Crippen molar-refractivity contribution in [2.24, 2.45) is 0 Å². The van der Waals surface area contributed by atoms with Gasteiger partial charge in [0.05, 0.1) is 7.11 Å². The summed E-state index contributed by atoms with van der Waals surface area (Å²) in [5, 5.41) is 7.77. The van der Waals surface area contributed by atoms with Crippen molar-refractivity contribution < 1.29 is 28.7 Å². The van der Waals surface area contributed by atoms with Crippen LogP contribution in [-0.4, -0.2) is 73.5 Å². The number of ether oxygens (including phenoxy) is 2. The number of amides is 3. The lowest BCUT2D eigenvalue weighted by Gasteiger charge is -2.19. The molecule has 0 saturated heterocycles. The highest BCUT2D eigenvalue weighted by Gasteiger charge is 2.29. The summed E-state index contributed by atoms with van der Waals surface area (Å²) in [6.07, 6.45) is -0.770. The minimum Gasteiger partial charge on any atom is -0.467 e. The van der Waals surface area contributed by atoms with E-state index < -0.39 is 36.0 Å². The van der Waals surface area contributed by atoms with E-state index in [0.717, 1.165) is 28.0 Å². The molecule has 3 N–H and O–H groups in total. The van der Waals surface area contributed by atoms with Crippen LogP contribution in [0.3, 0.4) is 0 Å². The summed E-state index contributed by atoms with van der Waals surface area (Å²) in [4.78, 5) is 49.2. The third-order valence-electron chi connectivity index (χ3n) is 6.10. The Bertz CT molecular complexity index is 1100. The predicted molar refractivity (Wildman–Crippen MR) is 150 cm³/mol. The summed E-state index contributed by atoms with van der Waals surface area (Å²) in [6, 6.07) is 14.3. The van der Waals surface area contributed by atoms with E-state index in [9.17, 15) is 19.2 Å². The summed E-state index contributed by atoms with van der Waals surface area (Å²) >= 11 is 5.67. The van der Waals surface area contributed by atoms with Gasteiger partial charge in [-0.05, 0) is 28.0 Å². The zero-order valence-corrected chi connectivity index (χ0v) is 23.1. The van der Waals surface area contributed by atoms with Crippen LogP contribution in [0.4, 0.5) is 4.79 Å². The minimum absolute atomic E-state index is 0.0239. The van der Waals surface area contributed by atoms with E-state index in [1.165, 1.54) is 18.9 Å². The summed E-state index contributed by atoms with van der Waals surface area (Å²) in [7, 11) is 1.26. The Morgan fingerprint density at radius 1 is 0.974 bits per heavy atom. The largest absolute Gasteiger partial charge is 0.467 e. The summed E-state index contributed by atoms with van der Waals surface area (Å²) in [5.41, 5.74) is 4.42. The van der Waals surface area contributed by atoms with Crippen molar-refractivity contribution in [2.75, 3.05) is 37.5 Å². The van der Waals surface area contributed by atoms with Crippen LogP contribution in [0.1, 0.15) is 30.4 Å². The quantitative estimate of drug-likeness (QED) is 0.220. The maximum absolute atomic E-state index is 12.6. The summed E-state index contributed by atoms with van der Waals surface area (Å²) in [5.74, 6) is -0.281. The average Bonchev–Trinajstić information content (AvgIpc) is 3.25. The van der Waals surface area contributed by atoms with Gasteiger partial charge in [0.1, 0.15) is 18.7 Å². The number of fused-ring (bicyclic) bond motifs is 3. The smallest absolute Gasteiger partial charge is 0.407 e. The van der Waals surface area contributed by atoms with Crippen LogP contribution in [0.2, 0.25) is 0 Å². The van der Waals surface area contributed by atoms with Crippen LogP contribution < -0.4 is 16.0 Å². The van der Waals surface area contributed by atoms with E-state index in [0.29, 0.717) is 5.75 Å².